The molecule has 17 heavy (non-hydrogen) atoms. The van der Waals surface area contributed by atoms with Gasteiger partial charge in [-0.1, -0.05) is 12.1 Å². The van der Waals surface area contributed by atoms with E-state index in [9.17, 15) is 4.57 Å². The minimum Gasteiger partial charge on any atom is -0.388 e. The van der Waals surface area contributed by atoms with E-state index in [1.54, 1.807) is 13.8 Å². The van der Waals surface area contributed by atoms with E-state index in [0.29, 0.717) is 19.6 Å². The summed E-state index contributed by atoms with van der Waals surface area (Å²) in [6.45, 7) is 8.27. The molecule has 0 aromatic carbocycles. The van der Waals surface area contributed by atoms with Crippen LogP contribution in [0.3, 0.4) is 0 Å². The van der Waals surface area contributed by atoms with Gasteiger partial charge in [0.25, 0.3) is 0 Å². The first-order chi connectivity index (χ1) is 7.97. The fourth-order valence-electron chi connectivity index (χ4n) is 1.88. The summed E-state index contributed by atoms with van der Waals surface area (Å²) in [7, 11) is -3.07. The maximum Gasteiger partial charge on any atom is 0.334 e. The van der Waals surface area contributed by atoms with Gasteiger partial charge in [-0.3, -0.25) is 4.57 Å². The fourth-order valence-corrected chi connectivity index (χ4v) is 3.91. The SMILES string of the molecule is CCOP(=O)(CC1(C)CC(CC)=NO1)OCC. The highest BCUT2D eigenvalue weighted by molar-refractivity contribution is 7.53. The van der Waals surface area contributed by atoms with Crippen molar-refractivity contribution in [3.63, 3.8) is 0 Å². The van der Waals surface area contributed by atoms with Crippen LogP contribution in [0.4, 0.5) is 0 Å². The lowest BCUT2D eigenvalue weighted by molar-refractivity contribution is 0.00963. The van der Waals surface area contributed by atoms with E-state index in [-0.39, 0.29) is 6.16 Å². The highest BCUT2D eigenvalue weighted by Crippen LogP contribution is 2.52. The van der Waals surface area contributed by atoms with E-state index in [2.05, 4.69) is 5.16 Å². The average Bonchev–Trinajstić information content (AvgIpc) is 2.60. The van der Waals surface area contributed by atoms with Gasteiger partial charge >= 0.3 is 7.60 Å². The molecule has 0 spiro atoms. The smallest absolute Gasteiger partial charge is 0.334 e. The van der Waals surface area contributed by atoms with Crippen molar-refractivity contribution in [2.75, 3.05) is 19.4 Å². The minimum absolute atomic E-state index is 0.245. The molecule has 0 amide bonds. The molecule has 0 radical (unpaired) electrons. The van der Waals surface area contributed by atoms with Gasteiger partial charge in [0.15, 0.2) is 5.60 Å². The summed E-state index contributed by atoms with van der Waals surface area (Å²) in [5.74, 6) is 0. The molecule has 1 unspecified atom stereocenters. The molecule has 0 aliphatic carbocycles. The van der Waals surface area contributed by atoms with E-state index in [1.807, 2.05) is 13.8 Å². The first-order valence-corrected chi connectivity index (χ1v) is 7.82. The van der Waals surface area contributed by atoms with Crippen molar-refractivity contribution in [3.8, 4) is 0 Å². The molecule has 1 heterocycles. The van der Waals surface area contributed by atoms with Crippen LogP contribution >= 0.6 is 7.60 Å². The Morgan fingerprint density at radius 2 is 1.94 bits per heavy atom. The zero-order valence-electron chi connectivity index (χ0n) is 11.1. The molecule has 0 saturated heterocycles. The summed E-state index contributed by atoms with van der Waals surface area (Å²) < 4.78 is 22.9. The van der Waals surface area contributed by atoms with E-state index in [1.165, 1.54) is 0 Å². The maximum absolute atomic E-state index is 12.4. The second kappa shape index (κ2) is 5.98. The van der Waals surface area contributed by atoms with Crippen LogP contribution in [0, 0.1) is 0 Å². The zero-order valence-corrected chi connectivity index (χ0v) is 12.0. The topological polar surface area (TPSA) is 57.1 Å². The summed E-state index contributed by atoms with van der Waals surface area (Å²) in [4.78, 5) is 5.39. The van der Waals surface area contributed by atoms with Crippen molar-refractivity contribution in [1.82, 2.24) is 0 Å². The van der Waals surface area contributed by atoms with Crippen LogP contribution in [-0.2, 0) is 18.5 Å². The van der Waals surface area contributed by atoms with Crippen molar-refractivity contribution in [2.45, 2.75) is 46.1 Å². The number of oxime groups is 1. The Morgan fingerprint density at radius 3 is 2.35 bits per heavy atom. The Morgan fingerprint density at radius 1 is 1.35 bits per heavy atom. The van der Waals surface area contributed by atoms with Crippen LogP contribution in [0.25, 0.3) is 0 Å². The summed E-state index contributed by atoms with van der Waals surface area (Å²) >= 11 is 0. The second-order valence-corrected chi connectivity index (χ2v) is 6.39. The van der Waals surface area contributed by atoms with Crippen LogP contribution in [0.15, 0.2) is 5.16 Å². The molecule has 5 nitrogen and oxygen atoms in total. The first kappa shape index (κ1) is 14.7. The van der Waals surface area contributed by atoms with Crippen LogP contribution in [0.5, 0.6) is 0 Å². The molecule has 0 fully saturated rings. The molecule has 1 aliphatic rings. The Hall–Kier alpha value is -0.380. The van der Waals surface area contributed by atoms with Crippen molar-refractivity contribution < 1.29 is 18.5 Å². The van der Waals surface area contributed by atoms with Crippen molar-refractivity contribution in [3.05, 3.63) is 0 Å². The normalized spacial score (nSPS) is 24.6. The maximum atomic E-state index is 12.4. The predicted octanol–water partition coefficient (Wildman–Crippen LogP) is 3.20. The Bertz CT molecular complexity index is 321. The molecule has 0 aromatic rings. The molecule has 0 aromatic heterocycles. The van der Waals surface area contributed by atoms with Gasteiger partial charge in [-0.2, -0.15) is 0 Å². The number of nitrogens with zero attached hydrogens (tertiary/aromatic N) is 1. The van der Waals surface area contributed by atoms with E-state index < -0.39 is 13.2 Å². The summed E-state index contributed by atoms with van der Waals surface area (Å²) in [6.07, 6.45) is 1.78. The first-order valence-electron chi connectivity index (χ1n) is 6.09. The van der Waals surface area contributed by atoms with E-state index >= 15 is 0 Å². The average molecular weight is 263 g/mol. The third-order valence-corrected chi connectivity index (χ3v) is 4.92. The lowest BCUT2D eigenvalue weighted by atomic mass is 10.0. The number of hydrogen-bond acceptors (Lipinski definition) is 5. The number of hydrogen-bond donors (Lipinski definition) is 0. The van der Waals surface area contributed by atoms with Gasteiger partial charge in [0.05, 0.1) is 25.1 Å². The van der Waals surface area contributed by atoms with E-state index in [4.69, 9.17) is 13.9 Å². The van der Waals surface area contributed by atoms with Gasteiger partial charge in [0, 0.05) is 6.42 Å². The molecular formula is C11H22NO4P. The molecule has 0 bridgehead atoms. The Balaban J connectivity index is 2.65. The quantitative estimate of drug-likeness (QED) is 0.662. The number of rotatable bonds is 7. The third kappa shape index (κ3) is 4.09. The van der Waals surface area contributed by atoms with Crippen LogP contribution in [0.1, 0.15) is 40.5 Å². The Kier molecular flexibility index (Phi) is 5.17. The van der Waals surface area contributed by atoms with Gasteiger partial charge in [0.1, 0.15) is 0 Å². The summed E-state index contributed by atoms with van der Waals surface area (Å²) in [5.41, 5.74) is 0.428. The highest BCUT2D eigenvalue weighted by Gasteiger charge is 2.42. The van der Waals surface area contributed by atoms with Crippen molar-refractivity contribution in [1.29, 1.82) is 0 Å². The summed E-state index contributed by atoms with van der Waals surface area (Å²) in [5, 5.41) is 4.00. The van der Waals surface area contributed by atoms with Gasteiger partial charge in [-0.05, 0) is 27.2 Å². The lowest BCUT2D eigenvalue weighted by Crippen LogP contribution is -2.30. The molecule has 0 saturated carbocycles. The van der Waals surface area contributed by atoms with E-state index in [0.717, 1.165) is 12.1 Å². The predicted molar refractivity (Wildman–Crippen MR) is 67.6 cm³/mol. The monoisotopic (exact) mass is 263 g/mol. The van der Waals surface area contributed by atoms with Crippen LogP contribution in [0.2, 0.25) is 0 Å². The molecule has 100 valence electrons. The van der Waals surface area contributed by atoms with Gasteiger partial charge in [-0.25, -0.2) is 0 Å². The van der Waals surface area contributed by atoms with Gasteiger partial charge in [-0.15, -0.1) is 0 Å². The molecule has 1 rings (SSSR count). The molecule has 0 N–H and O–H groups in total. The lowest BCUT2D eigenvalue weighted by Gasteiger charge is -2.26. The summed E-state index contributed by atoms with van der Waals surface area (Å²) in [6, 6.07) is 0. The minimum atomic E-state index is -3.07. The van der Waals surface area contributed by atoms with Gasteiger partial charge in [0.2, 0.25) is 0 Å². The molecule has 6 heteroatoms. The third-order valence-electron chi connectivity index (χ3n) is 2.56. The van der Waals surface area contributed by atoms with Crippen molar-refractivity contribution in [2.24, 2.45) is 5.16 Å². The van der Waals surface area contributed by atoms with Crippen LogP contribution < -0.4 is 0 Å². The van der Waals surface area contributed by atoms with Gasteiger partial charge < -0.3 is 13.9 Å². The van der Waals surface area contributed by atoms with Crippen molar-refractivity contribution >= 4 is 13.3 Å². The molecular weight excluding hydrogens is 241 g/mol. The second-order valence-electron chi connectivity index (χ2n) is 4.33. The standard InChI is InChI=1S/C11H22NO4P/c1-5-10-8-11(4,16-12-10)9-17(13,14-6-2)15-7-3/h5-9H2,1-4H3. The molecule has 1 atom stereocenters. The van der Waals surface area contributed by atoms with Crippen LogP contribution in [-0.4, -0.2) is 30.7 Å². The largest absolute Gasteiger partial charge is 0.388 e. The highest BCUT2D eigenvalue weighted by atomic mass is 31.2. The zero-order chi connectivity index (χ0) is 12.9. The Labute approximate surface area is 103 Å². The fraction of sp³-hybridized carbons (Fsp3) is 0.909. The molecule has 1 aliphatic heterocycles.